The van der Waals surface area contributed by atoms with Gasteiger partial charge in [-0.05, 0) is 72.6 Å². The van der Waals surface area contributed by atoms with Gasteiger partial charge in [-0.3, -0.25) is 4.72 Å². The molecule has 0 unspecified atom stereocenters. The summed E-state index contributed by atoms with van der Waals surface area (Å²) in [6.07, 6.45) is 1.83. The van der Waals surface area contributed by atoms with E-state index >= 15 is 0 Å². The monoisotopic (exact) mass is 414 g/mol. The largest absolute Gasteiger partial charge is 0.317 e. The average molecular weight is 415 g/mol. The van der Waals surface area contributed by atoms with Crippen LogP contribution in [-0.2, 0) is 10.0 Å². The van der Waals surface area contributed by atoms with Gasteiger partial charge in [0.25, 0.3) is 0 Å². The highest BCUT2D eigenvalue weighted by molar-refractivity contribution is 14.1. The molecule has 1 aliphatic heterocycles. The summed E-state index contributed by atoms with van der Waals surface area (Å²) < 4.78 is 27.7. The second-order valence-electron chi connectivity index (χ2n) is 4.70. The Morgan fingerprint density at radius 3 is 2.68 bits per heavy atom. The molecular weight excluding hydrogens is 399 g/mol. The van der Waals surface area contributed by atoms with Crippen LogP contribution >= 0.6 is 34.2 Å². The predicted molar refractivity (Wildman–Crippen MR) is 87.2 cm³/mol. The summed E-state index contributed by atoms with van der Waals surface area (Å²) in [5.41, 5.74) is 0.596. The first-order chi connectivity index (χ1) is 8.96. The van der Waals surface area contributed by atoms with Crippen LogP contribution in [0.1, 0.15) is 12.8 Å². The molecule has 0 spiro atoms. The number of sulfonamides is 1. The van der Waals surface area contributed by atoms with Crippen molar-refractivity contribution in [1.82, 2.24) is 5.32 Å². The Hall–Kier alpha value is -0.0500. The molecule has 106 valence electrons. The van der Waals surface area contributed by atoms with Gasteiger partial charge in [0.15, 0.2) is 0 Å². The summed E-state index contributed by atoms with van der Waals surface area (Å²) in [7, 11) is -3.30. The van der Waals surface area contributed by atoms with Crippen molar-refractivity contribution in [2.75, 3.05) is 23.6 Å². The number of anilines is 1. The van der Waals surface area contributed by atoms with Crippen LogP contribution in [0.3, 0.4) is 0 Å². The summed E-state index contributed by atoms with van der Waals surface area (Å²) in [4.78, 5) is 0. The van der Waals surface area contributed by atoms with Crippen molar-refractivity contribution in [2.45, 2.75) is 12.8 Å². The van der Waals surface area contributed by atoms with E-state index in [9.17, 15) is 8.42 Å². The van der Waals surface area contributed by atoms with E-state index in [0.29, 0.717) is 10.7 Å². The van der Waals surface area contributed by atoms with Crippen LogP contribution in [0.2, 0.25) is 5.02 Å². The molecule has 0 radical (unpaired) electrons. The molecule has 1 aromatic rings. The minimum Gasteiger partial charge on any atom is -0.317 e. The molecule has 1 heterocycles. The number of rotatable bonds is 4. The lowest BCUT2D eigenvalue weighted by molar-refractivity contribution is 0.402. The van der Waals surface area contributed by atoms with E-state index in [4.69, 9.17) is 11.6 Å². The molecule has 1 saturated heterocycles. The molecule has 2 rings (SSSR count). The first-order valence-electron chi connectivity index (χ1n) is 6.12. The van der Waals surface area contributed by atoms with Crippen molar-refractivity contribution >= 4 is 49.9 Å². The van der Waals surface area contributed by atoms with Crippen molar-refractivity contribution < 1.29 is 8.42 Å². The van der Waals surface area contributed by atoms with E-state index < -0.39 is 10.0 Å². The van der Waals surface area contributed by atoms with Gasteiger partial charge >= 0.3 is 0 Å². The fourth-order valence-electron chi connectivity index (χ4n) is 2.14. The fraction of sp³-hybridized carbons (Fsp3) is 0.500. The van der Waals surface area contributed by atoms with Gasteiger partial charge in [-0.25, -0.2) is 8.42 Å². The van der Waals surface area contributed by atoms with E-state index in [-0.39, 0.29) is 11.7 Å². The van der Waals surface area contributed by atoms with Crippen LogP contribution in [0.5, 0.6) is 0 Å². The molecule has 0 aliphatic carbocycles. The third-order valence-electron chi connectivity index (χ3n) is 3.11. The van der Waals surface area contributed by atoms with Crippen LogP contribution in [0.25, 0.3) is 0 Å². The number of halogens is 2. The van der Waals surface area contributed by atoms with Gasteiger partial charge in [0.2, 0.25) is 10.0 Å². The van der Waals surface area contributed by atoms with Gasteiger partial charge in [-0.2, -0.15) is 0 Å². The second-order valence-corrected chi connectivity index (χ2v) is 8.07. The summed E-state index contributed by atoms with van der Waals surface area (Å²) in [5.74, 6) is 0.427. The van der Waals surface area contributed by atoms with E-state index in [1.807, 2.05) is 0 Å². The molecule has 0 amide bonds. The van der Waals surface area contributed by atoms with E-state index in [2.05, 4.69) is 32.6 Å². The number of hydrogen-bond acceptors (Lipinski definition) is 3. The van der Waals surface area contributed by atoms with Crippen molar-refractivity contribution in [2.24, 2.45) is 5.92 Å². The van der Waals surface area contributed by atoms with Gasteiger partial charge in [-0.1, -0.05) is 11.6 Å². The maximum atomic E-state index is 12.1. The molecule has 1 aliphatic rings. The van der Waals surface area contributed by atoms with Gasteiger partial charge in [0.1, 0.15) is 0 Å². The first-order valence-corrected chi connectivity index (χ1v) is 9.23. The maximum Gasteiger partial charge on any atom is 0.233 e. The molecule has 2 N–H and O–H groups in total. The number of hydrogen-bond donors (Lipinski definition) is 2. The Morgan fingerprint density at radius 1 is 1.37 bits per heavy atom. The van der Waals surface area contributed by atoms with E-state index in [1.54, 1.807) is 18.2 Å². The van der Waals surface area contributed by atoms with Crippen molar-refractivity contribution in [3.05, 3.63) is 26.8 Å². The zero-order valence-corrected chi connectivity index (χ0v) is 14.1. The Morgan fingerprint density at radius 2 is 2.05 bits per heavy atom. The SMILES string of the molecule is O=S(=O)(CC1CCNCC1)Nc1ccc(Cl)cc1I. The van der Waals surface area contributed by atoms with Gasteiger partial charge in [0.05, 0.1) is 11.4 Å². The van der Waals surface area contributed by atoms with Crippen LogP contribution in [0.15, 0.2) is 18.2 Å². The van der Waals surface area contributed by atoms with Crippen LogP contribution in [-0.4, -0.2) is 27.3 Å². The minimum atomic E-state index is -3.30. The van der Waals surface area contributed by atoms with Crippen LogP contribution < -0.4 is 10.0 Å². The van der Waals surface area contributed by atoms with Gasteiger partial charge in [0, 0.05) is 8.59 Å². The molecular formula is C12H16ClIN2O2S. The molecule has 7 heteroatoms. The Bertz CT molecular complexity index is 545. The number of nitrogens with one attached hydrogen (secondary N) is 2. The lowest BCUT2D eigenvalue weighted by Crippen LogP contribution is -2.33. The second kappa shape index (κ2) is 6.60. The highest BCUT2D eigenvalue weighted by atomic mass is 127. The molecule has 0 saturated carbocycles. The molecule has 1 fully saturated rings. The zero-order chi connectivity index (χ0) is 13.9. The van der Waals surface area contributed by atoms with Crippen molar-refractivity contribution in [3.63, 3.8) is 0 Å². The van der Waals surface area contributed by atoms with Crippen molar-refractivity contribution in [1.29, 1.82) is 0 Å². The Kier molecular flexibility index (Phi) is 5.33. The lowest BCUT2D eigenvalue weighted by atomic mass is 10.0. The Balaban J connectivity index is 2.03. The molecule has 19 heavy (non-hydrogen) atoms. The topological polar surface area (TPSA) is 58.2 Å². The molecule has 4 nitrogen and oxygen atoms in total. The standard InChI is InChI=1S/C12H16ClIN2O2S/c13-10-1-2-12(11(14)7-10)16-19(17,18)8-9-3-5-15-6-4-9/h1-2,7,9,15-16H,3-6,8H2. The predicted octanol–water partition coefficient (Wildman–Crippen LogP) is 2.69. The average Bonchev–Trinajstić information content (AvgIpc) is 2.33. The fourth-order valence-corrected chi connectivity index (χ4v) is 4.88. The summed E-state index contributed by atoms with van der Waals surface area (Å²) in [5, 5.41) is 3.84. The highest BCUT2D eigenvalue weighted by Crippen LogP contribution is 2.24. The van der Waals surface area contributed by atoms with Crippen LogP contribution in [0.4, 0.5) is 5.69 Å². The summed E-state index contributed by atoms with van der Waals surface area (Å²) in [6.45, 7) is 1.80. The van der Waals surface area contributed by atoms with Gasteiger partial charge in [-0.15, -0.1) is 0 Å². The molecule has 0 atom stereocenters. The van der Waals surface area contributed by atoms with E-state index in [1.165, 1.54) is 0 Å². The third kappa shape index (κ3) is 4.77. The Labute approximate surface area is 132 Å². The minimum absolute atomic E-state index is 0.188. The maximum absolute atomic E-state index is 12.1. The molecule has 0 aromatic heterocycles. The van der Waals surface area contributed by atoms with Gasteiger partial charge < -0.3 is 5.32 Å². The molecule has 0 bridgehead atoms. The quantitative estimate of drug-likeness (QED) is 0.745. The number of piperidine rings is 1. The normalized spacial score (nSPS) is 17.4. The zero-order valence-electron chi connectivity index (χ0n) is 10.3. The molecule has 1 aromatic carbocycles. The highest BCUT2D eigenvalue weighted by Gasteiger charge is 2.21. The van der Waals surface area contributed by atoms with Crippen LogP contribution in [0, 0.1) is 9.49 Å². The van der Waals surface area contributed by atoms with Crippen molar-refractivity contribution in [3.8, 4) is 0 Å². The summed E-state index contributed by atoms with van der Waals surface area (Å²) >= 11 is 7.93. The smallest absolute Gasteiger partial charge is 0.233 e. The third-order valence-corrected chi connectivity index (χ3v) is 5.68. The number of benzene rings is 1. The first kappa shape index (κ1) is 15.3. The lowest BCUT2D eigenvalue weighted by Gasteiger charge is -2.22. The van der Waals surface area contributed by atoms with E-state index in [0.717, 1.165) is 29.5 Å². The summed E-state index contributed by atoms with van der Waals surface area (Å²) in [6, 6.07) is 5.13.